The lowest BCUT2D eigenvalue weighted by molar-refractivity contribution is -0.0186. The number of thiophene rings is 1. The first-order valence-electron chi connectivity index (χ1n) is 5.96. The molecule has 0 fully saturated rings. The SMILES string of the molecule is CCC(C)(C)OCCNC(C)c1cccs1. The fourth-order valence-electron chi connectivity index (χ4n) is 1.34. The molecule has 0 aliphatic heterocycles. The van der Waals surface area contributed by atoms with E-state index in [1.54, 1.807) is 11.3 Å². The minimum Gasteiger partial charge on any atom is -0.374 e. The van der Waals surface area contributed by atoms with E-state index in [2.05, 4.69) is 50.5 Å². The van der Waals surface area contributed by atoms with E-state index in [4.69, 9.17) is 4.74 Å². The molecule has 1 N–H and O–H groups in total. The molecule has 0 aromatic carbocycles. The van der Waals surface area contributed by atoms with E-state index in [0.717, 1.165) is 19.6 Å². The van der Waals surface area contributed by atoms with Crippen LogP contribution in [0.2, 0.25) is 0 Å². The van der Waals surface area contributed by atoms with Crippen LogP contribution < -0.4 is 5.32 Å². The van der Waals surface area contributed by atoms with E-state index in [0.29, 0.717) is 6.04 Å². The van der Waals surface area contributed by atoms with Gasteiger partial charge in [-0.1, -0.05) is 13.0 Å². The lowest BCUT2D eigenvalue weighted by atomic mass is 10.1. The Bertz CT molecular complexity index is 282. The fourth-order valence-corrected chi connectivity index (χ4v) is 2.10. The van der Waals surface area contributed by atoms with Crippen LogP contribution in [0, 0.1) is 0 Å². The summed E-state index contributed by atoms with van der Waals surface area (Å²) in [5.41, 5.74) is 0.00779. The van der Waals surface area contributed by atoms with Crippen molar-refractivity contribution in [1.29, 1.82) is 0 Å². The first-order valence-corrected chi connectivity index (χ1v) is 6.84. The van der Waals surface area contributed by atoms with E-state index >= 15 is 0 Å². The summed E-state index contributed by atoms with van der Waals surface area (Å²) in [6, 6.07) is 4.68. The van der Waals surface area contributed by atoms with E-state index < -0.39 is 0 Å². The van der Waals surface area contributed by atoms with Crippen molar-refractivity contribution in [2.45, 2.75) is 45.8 Å². The average molecular weight is 241 g/mol. The Hall–Kier alpha value is -0.380. The van der Waals surface area contributed by atoms with Gasteiger partial charge in [0.2, 0.25) is 0 Å². The van der Waals surface area contributed by atoms with Gasteiger partial charge < -0.3 is 10.1 Å². The molecule has 1 heterocycles. The minimum absolute atomic E-state index is 0.00779. The van der Waals surface area contributed by atoms with Crippen LogP contribution in [0.5, 0.6) is 0 Å². The van der Waals surface area contributed by atoms with Crippen LogP contribution in [0.4, 0.5) is 0 Å². The van der Waals surface area contributed by atoms with E-state index in [9.17, 15) is 0 Å². The summed E-state index contributed by atoms with van der Waals surface area (Å²) in [5.74, 6) is 0. The van der Waals surface area contributed by atoms with E-state index in [-0.39, 0.29) is 5.60 Å². The molecule has 1 aromatic rings. The fraction of sp³-hybridized carbons (Fsp3) is 0.692. The predicted molar refractivity (Wildman–Crippen MR) is 71.1 cm³/mol. The van der Waals surface area contributed by atoms with Gasteiger partial charge in [0.1, 0.15) is 0 Å². The monoisotopic (exact) mass is 241 g/mol. The normalized spacial score (nSPS) is 14.0. The van der Waals surface area contributed by atoms with Crippen molar-refractivity contribution in [3.8, 4) is 0 Å². The highest BCUT2D eigenvalue weighted by atomic mass is 32.1. The Morgan fingerprint density at radius 1 is 1.50 bits per heavy atom. The van der Waals surface area contributed by atoms with Gasteiger partial charge in [-0.25, -0.2) is 0 Å². The molecule has 0 bridgehead atoms. The van der Waals surface area contributed by atoms with Crippen molar-refractivity contribution in [2.24, 2.45) is 0 Å². The largest absolute Gasteiger partial charge is 0.374 e. The third kappa shape index (κ3) is 4.64. The number of nitrogens with one attached hydrogen (secondary N) is 1. The molecule has 3 heteroatoms. The van der Waals surface area contributed by atoms with Gasteiger partial charge in [0, 0.05) is 17.5 Å². The summed E-state index contributed by atoms with van der Waals surface area (Å²) in [6.07, 6.45) is 1.05. The van der Waals surface area contributed by atoms with Gasteiger partial charge in [0.05, 0.1) is 12.2 Å². The second-order valence-corrected chi connectivity index (χ2v) is 5.63. The summed E-state index contributed by atoms with van der Waals surface area (Å²) in [4.78, 5) is 1.38. The Morgan fingerprint density at radius 2 is 2.25 bits per heavy atom. The predicted octanol–water partition coefficient (Wildman–Crippen LogP) is 3.60. The molecule has 0 amide bonds. The Labute approximate surface area is 103 Å². The number of ether oxygens (including phenoxy) is 1. The second kappa shape index (κ2) is 6.38. The van der Waals surface area contributed by atoms with Crippen LogP contribution in [0.25, 0.3) is 0 Å². The summed E-state index contributed by atoms with van der Waals surface area (Å²) >= 11 is 1.80. The van der Waals surface area contributed by atoms with Crippen molar-refractivity contribution < 1.29 is 4.74 Å². The number of rotatable bonds is 7. The van der Waals surface area contributed by atoms with Gasteiger partial charge in [0.25, 0.3) is 0 Å². The van der Waals surface area contributed by atoms with E-state index in [1.165, 1.54) is 4.88 Å². The van der Waals surface area contributed by atoms with Gasteiger partial charge in [-0.3, -0.25) is 0 Å². The second-order valence-electron chi connectivity index (χ2n) is 4.65. The summed E-state index contributed by atoms with van der Waals surface area (Å²) in [7, 11) is 0. The average Bonchev–Trinajstić information content (AvgIpc) is 2.77. The first kappa shape index (κ1) is 13.7. The van der Waals surface area contributed by atoms with Crippen LogP contribution in [0.15, 0.2) is 17.5 Å². The third-order valence-corrected chi connectivity index (χ3v) is 3.92. The molecule has 1 unspecified atom stereocenters. The number of hydrogen-bond donors (Lipinski definition) is 1. The Balaban J connectivity index is 2.16. The van der Waals surface area contributed by atoms with Crippen molar-refractivity contribution in [2.75, 3.05) is 13.2 Å². The quantitative estimate of drug-likeness (QED) is 0.736. The minimum atomic E-state index is 0.00779. The van der Waals surface area contributed by atoms with Gasteiger partial charge in [-0.15, -0.1) is 11.3 Å². The third-order valence-electron chi connectivity index (χ3n) is 2.87. The Kier molecular flexibility index (Phi) is 5.46. The molecule has 0 saturated carbocycles. The molecule has 0 aliphatic rings. The van der Waals surface area contributed by atoms with Gasteiger partial charge >= 0.3 is 0 Å². The molecule has 2 nitrogen and oxygen atoms in total. The maximum absolute atomic E-state index is 5.79. The zero-order valence-electron chi connectivity index (χ0n) is 10.7. The Morgan fingerprint density at radius 3 is 2.81 bits per heavy atom. The van der Waals surface area contributed by atoms with Gasteiger partial charge in [-0.2, -0.15) is 0 Å². The van der Waals surface area contributed by atoms with Crippen molar-refractivity contribution in [1.82, 2.24) is 5.32 Å². The van der Waals surface area contributed by atoms with Crippen LogP contribution in [0.1, 0.15) is 45.0 Å². The van der Waals surface area contributed by atoms with E-state index in [1.807, 2.05) is 0 Å². The molecule has 1 atom stereocenters. The molecule has 16 heavy (non-hydrogen) atoms. The molecular formula is C13H23NOS. The lowest BCUT2D eigenvalue weighted by Crippen LogP contribution is -2.29. The zero-order valence-corrected chi connectivity index (χ0v) is 11.6. The topological polar surface area (TPSA) is 21.3 Å². The van der Waals surface area contributed by atoms with Crippen LogP contribution >= 0.6 is 11.3 Å². The van der Waals surface area contributed by atoms with Crippen LogP contribution in [0.3, 0.4) is 0 Å². The molecule has 92 valence electrons. The first-order chi connectivity index (χ1) is 7.55. The molecule has 0 saturated heterocycles. The van der Waals surface area contributed by atoms with Crippen LogP contribution in [-0.2, 0) is 4.74 Å². The molecule has 1 aromatic heterocycles. The molecule has 0 radical (unpaired) electrons. The summed E-state index contributed by atoms with van der Waals surface area (Å²) in [5, 5.41) is 5.58. The lowest BCUT2D eigenvalue weighted by Gasteiger charge is -2.24. The maximum Gasteiger partial charge on any atom is 0.0624 e. The standard InChI is InChI=1S/C13H23NOS/c1-5-13(3,4)15-9-8-14-11(2)12-7-6-10-16-12/h6-7,10-11,14H,5,8-9H2,1-4H3. The van der Waals surface area contributed by atoms with Crippen molar-refractivity contribution in [3.05, 3.63) is 22.4 Å². The van der Waals surface area contributed by atoms with Crippen LogP contribution in [-0.4, -0.2) is 18.8 Å². The summed E-state index contributed by atoms with van der Waals surface area (Å²) < 4.78 is 5.79. The zero-order chi connectivity index (χ0) is 12.0. The molecule has 0 aliphatic carbocycles. The molecule has 1 rings (SSSR count). The maximum atomic E-state index is 5.79. The molecular weight excluding hydrogens is 218 g/mol. The summed E-state index contributed by atoms with van der Waals surface area (Å²) in [6.45, 7) is 10.3. The van der Waals surface area contributed by atoms with Crippen molar-refractivity contribution >= 4 is 11.3 Å². The number of hydrogen-bond acceptors (Lipinski definition) is 3. The highest BCUT2D eigenvalue weighted by molar-refractivity contribution is 7.10. The highest BCUT2D eigenvalue weighted by Crippen LogP contribution is 2.18. The van der Waals surface area contributed by atoms with Gasteiger partial charge in [-0.05, 0) is 38.6 Å². The van der Waals surface area contributed by atoms with Crippen molar-refractivity contribution in [3.63, 3.8) is 0 Å². The van der Waals surface area contributed by atoms with Gasteiger partial charge in [0.15, 0.2) is 0 Å². The highest BCUT2D eigenvalue weighted by Gasteiger charge is 2.14. The smallest absolute Gasteiger partial charge is 0.0624 e. The molecule has 0 spiro atoms.